The number of ether oxygens (including phenoxy) is 1. The maximum absolute atomic E-state index is 11.4. The van der Waals surface area contributed by atoms with Crippen molar-refractivity contribution in [2.45, 2.75) is 32.6 Å². The summed E-state index contributed by atoms with van der Waals surface area (Å²) < 4.78 is 5.33. The Labute approximate surface area is 108 Å². The van der Waals surface area contributed by atoms with Gasteiger partial charge in [-0.15, -0.1) is 0 Å². The summed E-state index contributed by atoms with van der Waals surface area (Å²) in [5.74, 6) is 0.242. The molecule has 2 heteroatoms. The second kappa shape index (κ2) is 5.67. The van der Waals surface area contributed by atoms with E-state index in [1.54, 1.807) is 0 Å². The quantitative estimate of drug-likeness (QED) is 0.454. The highest BCUT2D eigenvalue weighted by Gasteiger charge is 2.13. The largest absolute Gasteiger partial charge is 0.423 e. The zero-order valence-corrected chi connectivity index (χ0v) is 10.7. The van der Waals surface area contributed by atoms with Crippen molar-refractivity contribution in [3.63, 3.8) is 0 Å². The molecule has 94 valence electrons. The Balaban J connectivity index is 2.36. The molecule has 0 fully saturated rings. The van der Waals surface area contributed by atoms with Crippen LogP contribution in [0.25, 0.3) is 5.57 Å². The van der Waals surface area contributed by atoms with Gasteiger partial charge >= 0.3 is 5.97 Å². The Morgan fingerprint density at radius 3 is 2.89 bits per heavy atom. The summed E-state index contributed by atoms with van der Waals surface area (Å²) >= 11 is 0. The van der Waals surface area contributed by atoms with Crippen molar-refractivity contribution in [2.75, 3.05) is 0 Å². The molecule has 0 saturated heterocycles. The van der Waals surface area contributed by atoms with Gasteiger partial charge in [0, 0.05) is 11.6 Å². The van der Waals surface area contributed by atoms with Gasteiger partial charge in [-0.3, -0.25) is 0 Å². The van der Waals surface area contributed by atoms with Gasteiger partial charge in [0.2, 0.25) is 0 Å². The molecule has 0 radical (unpaired) electrons. The molecule has 0 aliphatic heterocycles. The number of esters is 1. The molecule has 0 saturated carbocycles. The van der Waals surface area contributed by atoms with E-state index in [4.69, 9.17) is 4.74 Å². The topological polar surface area (TPSA) is 26.3 Å². The smallest absolute Gasteiger partial charge is 0.335 e. The van der Waals surface area contributed by atoms with E-state index in [1.165, 1.54) is 24.5 Å². The molecular weight excluding hydrogens is 224 g/mol. The van der Waals surface area contributed by atoms with E-state index in [9.17, 15) is 4.79 Å². The van der Waals surface area contributed by atoms with Crippen molar-refractivity contribution in [2.24, 2.45) is 0 Å². The Kier molecular flexibility index (Phi) is 3.98. The van der Waals surface area contributed by atoms with E-state index in [0.717, 1.165) is 24.0 Å². The molecule has 18 heavy (non-hydrogen) atoms. The molecule has 0 bridgehead atoms. The standard InChI is InChI=1S/C16H18O2/c1-3-16(17)18-15-11-12(2)9-10-14(15)13-7-5-4-6-8-13/h3,7,9-11H,1,4-6,8H2,2H3. The number of hydrogen-bond donors (Lipinski definition) is 0. The molecule has 1 aromatic carbocycles. The third-order valence-electron chi connectivity index (χ3n) is 3.15. The van der Waals surface area contributed by atoms with E-state index < -0.39 is 5.97 Å². The average molecular weight is 242 g/mol. The maximum Gasteiger partial charge on any atom is 0.335 e. The van der Waals surface area contributed by atoms with Crippen LogP contribution in [0, 0.1) is 6.92 Å². The predicted molar refractivity (Wildman–Crippen MR) is 73.5 cm³/mol. The fourth-order valence-corrected chi connectivity index (χ4v) is 2.21. The lowest BCUT2D eigenvalue weighted by molar-refractivity contribution is -0.128. The van der Waals surface area contributed by atoms with Crippen LogP contribution in [0.3, 0.4) is 0 Å². The van der Waals surface area contributed by atoms with Gasteiger partial charge in [-0.2, -0.15) is 0 Å². The number of hydrogen-bond acceptors (Lipinski definition) is 2. The Morgan fingerprint density at radius 2 is 2.22 bits per heavy atom. The highest BCUT2D eigenvalue weighted by molar-refractivity contribution is 5.85. The lowest BCUT2D eigenvalue weighted by Gasteiger charge is -2.16. The van der Waals surface area contributed by atoms with E-state index in [0.29, 0.717) is 5.75 Å². The lowest BCUT2D eigenvalue weighted by Crippen LogP contribution is -2.06. The molecule has 1 aliphatic rings. The Hall–Kier alpha value is -1.83. The van der Waals surface area contributed by atoms with Crippen molar-refractivity contribution in [1.29, 1.82) is 0 Å². The summed E-state index contributed by atoms with van der Waals surface area (Å²) in [5, 5.41) is 0. The van der Waals surface area contributed by atoms with Crippen LogP contribution in [0.2, 0.25) is 0 Å². The minimum absolute atomic E-state index is 0.404. The van der Waals surface area contributed by atoms with Crippen LogP contribution >= 0.6 is 0 Å². The van der Waals surface area contributed by atoms with Crippen LogP contribution in [-0.4, -0.2) is 5.97 Å². The van der Waals surface area contributed by atoms with Gasteiger partial charge in [-0.1, -0.05) is 24.8 Å². The number of carbonyl (C=O) groups is 1. The van der Waals surface area contributed by atoms with Crippen LogP contribution in [0.1, 0.15) is 36.8 Å². The fraction of sp³-hybridized carbons (Fsp3) is 0.312. The van der Waals surface area contributed by atoms with E-state index in [2.05, 4.69) is 18.7 Å². The van der Waals surface area contributed by atoms with E-state index >= 15 is 0 Å². The number of carbonyl (C=O) groups excluding carboxylic acids is 1. The van der Waals surface area contributed by atoms with Gasteiger partial charge < -0.3 is 4.74 Å². The normalized spacial score (nSPS) is 14.8. The minimum Gasteiger partial charge on any atom is -0.423 e. The second-order valence-corrected chi connectivity index (χ2v) is 4.60. The number of aryl methyl sites for hydroxylation is 1. The average Bonchev–Trinajstić information content (AvgIpc) is 2.40. The zero-order chi connectivity index (χ0) is 13.0. The number of rotatable bonds is 3. The summed E-state index contributed by atoms with van der Waals surface area (Å²) in [5.41, 5.74) is 3.41. The van der Waals surface area contributed by atoms with Crippen LogP contribution in [0.4, 0.5) is 0 Å². The van der Waals surface area contributed by atoms with E-state index in [-0.39, 0.29) is 0 Å². The first-order valence-electron chi connectivity index (χ1n) is 6.35. The molecule has 1 aliphatic carbocycles. The molecule has 0 atom stereocenters. The SMILES string of the molecule is C=CC(=O)Oc1cc(C)ccc1C1=CCCCC1. The van der Waals surface area contributed by atoms with Crippen LogP contribution in [-0.2, 0) is 4.79 Å². The number of allylic oxidation sites excluding steroid dienone is 2. The summed E-state index contributed by atoms with van der Waals surface area (Å²) in [6, 6.07) is 6.00. The Morgan fingerprint density at radius 1 is 1.39 bits per heavy atom. The molecule has 2 rings (SSSR count). The lowest BCUT2D eigenvalue weighted by atomic mass is 9.92. The van der Waals surface area contributed by atoms with Crippen LogP contribution in [0.5, 0.6) is 5.75 Å². The summed E-state index contributed by atoms with van der Waals surface area (Å²) in [7, 11) is 0. The second-order valence-electron chi connectivity index (χ2n) is 4.60. The van der Waals surface area contributed by atoms with Crippen LogP contribution in [0.15, 0.2) is 36.9 Å². The molecular formula is C16H18O2. The summed E-state index contributed by atoms with van der Waals surface area (Å²) in [4.78, 5) is 11.4. The third-order valence-corrected chi connectivity index (χ3v) is 3.15. The first-order chi connectivity index (χ1) is 8.70. The van der Waals surface area contributed by atoms with Crippen LogP contribution < -0.4 is 4.74 Å². The molecule has 0 heterocycles. The van der Waals surface area contributed by atoms with E-state index in [1.807, 2.05) is 19.1 Å². The first kappa shape index (κ1) is 12.6. The third kappa shape index (κ3) is 2.89. The Bertz CT molecular complexity index is 498. The van der Waals surface area contributed by atoms with Crippen molar-refractivity contribution in [1.82, 2.24) is 0 Å². The molecule has 0 aromatic heterocycles. The van der Waals surface area contributed by atoms with Gasteiger partial charge in [0.1, 0.15) is 5.75 Å². The minimum atomic E-state index is -0.404. The molecule has 0 N–H and O–H groups in total. The highest BCUT2D eigenvalue weighted by atomic mass is 16.5. The monoisotopic (exact) mass is 242 g/mol. The first-order valence-corrected chi connectivity index (χ1v) is 6.35. The fourth-order valence-electron chi connectivity index (χ4n) is 2.21. The van der Waals surface area contributed by atoms with Crippen molar-refractivity contribution in [3.05, 3.63) is 48.1 Å². The van der Waals surface area contributed by atoms with Gasteiger partial charge in [0.15, 0.2) is 0 Å². The van der Waals surface area contributed by atoms with Gasteiger partial charge in [-0.25, -0.2) is 4.79 Å². The van der Waals surface area contributed by atoms with Crippen molar-refractivity contribution < 1.29 is 9.53 Å². The van der Waals surface area contributed by atoms with Gasteiger partial charge in [0.05, 0.1) is 0 Å². The molecule has 0 amide bonds. The zero-order valence-electron chi connectivity index (χ0n) is 10.7. The molecule has 0 unspecified atom stereocenters. The predicted octanol–water partition coefficient (Wildman–Crippen LogP) is 4.04. The summed E-state index contributed by atoms with van der Waals surface area (Å²) in [6.45, 7) is 5.42. The molecule has 2 nitrogen and oxygen atoms in total. The summed E-state index contributed by atoms with van der Waals surface area (Å²) in [6.07, 6.45) is 8.06. The van der Waals surface area contributed by atoms with Crippen molar-refractivity contribution in [3.8, 4) is 5.75 Å². The van der Waals surface area contributed by atoms with Gasteiger partial charge in [-0.05, 0) is 49.8 Å². The molecule has 1 aromatic rings. The van der Waals surface area contributed by atoms with Crippen molar-refractivity contribution >= 4 is 11.5 Å². The highest BCUT2D eigenvalue weighted by Crippen LogP contribution is 2.33. The number of benzene rings is 1. The maximum atomic E-state index is 11.4. The van der Waals surface area contributed by atoms with Gasteiger partial charge in [0.25, 0.3) is 0 Å². The molecule has 0 spiro atoms.